The number of nitrogen functional groups attached to an aromatic ring is 1. The second-order valence-electron chi connectivity index (χ2n) is 3.75. The number of aryl methyl sites for hydroxylation is 1. The van der Waals surface area contributed by atoms with Crippen LogP contribution in [0, 0.1) is 6.92 Å². The summed E-state index contributed by atoms with van der Waals surface area (Å²) in [5.41, 5.74) is 7.08. The summed E-state index contributed by atoms with van der Waals surface area (Å²) >= 11 is 4.65. The van der Waals surface area contributed by atoms with Crippen LogP contribution in [0.25, 0.3) is 22.3 Å². The van der Waals surface area contributed by atoms with Crippen LogP contribution in [0.4, 0.5) is 5.13 Å². The summed E-state index contributed by atoms with van der Waals surface area (Å²) in [6, 6.07) is 3.68. The van der Waals surface area contributed by atoms with Gasteiger partial charge in [0.1, 0.15) is 10.6 Å². The van der Waals surface area contributed by atoms with E-state index < -0.39 is 0 Å². The van der Waals surface area contributed by atoms with Gasteiger partial charge in [0.2, 0.25) is 5.82 Å². The molecule has 0 bridgehead atoms. The third-order valence-electron chi connectivity index (χ3n) is 2.39. The summed E-state index contributed by atoms with van der Waals surface area (Å²) in [5, 5.41) is 4.40. The normalized spacial score (nSPS) is 10.8. The molecule has 3 heterocycles. The van der Waals surface area contributed by atoms with Crippen molar-refractivity contribution in [2.75, 3.05) is 5.73 Å². The Labute approximate surface area is 120 Å². The SMILES string of the molecule is Cc1nc(N)sc1-c1nc(-c2ccc(Br)cn2)no1. The van der Waals surface area contributed by atoms with E-state index in [4.69, 9.17) is 10.3 Å². The molecule has 0 aliphatic rings. The van der Waals surface area contributed by atoms with Crippen LogP contribution < -0.4 is 5.73 Å². The maximum atomic E-state index is 5.65. The van der Waals surface area contributed by atoms with Crippen LogP contribution in [0.5, 0.6) is 0 Å². The van der Waals surface area contributed by atoms with Crippen LogP contribution >= 0.6 is 27.3 Å². The van der Waals surface area contributed by atoms with Gasteiger partial charge in [-0.2, -0.15) is 4.98 Å². The maximum absolute atomic E-state index is 5.65. The fourth-order valence-electron chi connectivity index (χ4n) is 1.54. The first kappa shape index (κ1) is 12.2. The second-order valence-corrected chi connectivity index (χ2v) is 5.70. The Hall–Kier alpha value is -1.80. The van der Waals surface area contributed by atoms with E-state index in [1.165, 1.54) is 11.3 Å². The molecule has 3 aromatic rings. The Morgan fingerprint density at radius 1 is 1.32 bits per heavy atom. The first-order chi connectivity index (χ1) is 9.13. The molecule has 0 spiro atoms. The highest BCUT2D eigenvalue weighted by Gasteiger charge is 2.16. The number of thiazole rings is 1. The molecule has 0 saturated carbocycles. The number of pyridine rings is 1. The van der Waals surface area contributed by atoms with E-state index in [2.05, 4.69) is 36.0 Å². The van der Waals surface area contributed by atoms with Crippen molar-refractivity contribution in [3.05, 3.63) is 28.5 Å². The highest BCUT2D eigenvalue weighted by molar-refractivity contribution is 9.10. The third-order valence-corrected chi connectivity index (χ3v) is 3.83. The van der Waals surface area contributed by atoms with Gasteiger partial charge in [-0.1, -0.05) is 16.5 Å². The van der Waals surface area contributed by atoms with Crippen molar-refractivity contribution in [1.29, 1.82) is 0 Å². The van der Waals surface area contributed by atoms with Crippen LogP contribution in [-0.2, 0) is 0 Å². The molecule has 96 valence electrons. The fourth-order valence-corrected chi connectivity index (χ4v) is 2.53. The van der Waals surface area contributed by atoms with Gasteiger partial charge >= 0.3 is 0 Å². The van der Waals surface area contributed by atoms with E-state index in [1.807, 2.05) is 19.1 Å². The molecule has 0 aliphatic heterocycles. The van der Waals surface area contributed by atoms with Crippen LogP contribution in [0.3, 0.4) is 0 Å². The molecule has 3 rings (SSSR count). The molecule has 8 heteroatoms. The van der Waals surface area contributed by atoms with E-state index >= 15 is 0 Å². The Morgan fingerprint density at radius 3 is 2.79 bits per heavy atom. The van der Waals surface area contributed by atoms with E-state index in [9.17, 15) is 0 Å². The van der Waals surface area contributed by atoms with Gasteiger partial charge in [0.15, 0.2) is 5.13 Å². The van der Waals surface area contributed by atoms with E-state index in [0.29, 0.717) is 22.5 Å². The molecule has 0 unspecified atom stereocenters. The van der Waals surface area contributed by atoms with Gasteiger partial charge in [0.25, 0.3) is 5.89 Å². The highest BCUT2D eigenvalue weighted by Crippen LogP contribution is 2.31. The van der Waals surface area contributed by atoms with Gasteiger partial charge in [-0.25, -0.2) is 4.98 Å². The quantitative estimate of drug-likeness (QED) is 0.773. The molecule has 0 aromatic carbocycles. The van der Waals surface area contributed by atoms with Crippen LogP contribution in [-0.4, -0.2) is 20.1 Å². The predicted octanol–water partition coefficient (Wildman–Crippen LogP) is 2.91. The summed E-state index contributed by atoms with van der Waals surface area (Å²) in [7, 11) is 0. The largest absolute Gasteiger partial charge is 0.375 e. The number of anilines is 1. The lowest BCUT2D eigenvalue weighted by Gasteiger charge is -1.92. The molecule has 0 amide bonds. The number of nitrogens with two attached hydrogens (primary N) is 1. The summed E-state index contributed by atoms with van der Waals surface area (Å²) < 4.78 is 6.13. The monoisotopic (exact) mass is 337 g/mol. The zero-order chi connectivity index (χ0) is 13.4. The molecule has 0 fully saturated rings. The average molecular weight is 338 g/mol. The zero-order valence-corrected chi connectivity index (χ0v) is 12.2. The number of rotatable bonds is 2. The van der Waals surface area contributed by atoms with Crippen molar-refractivity contribution < 1.29 is 4.52 Å². The van der Waals surface area contributed by atoms with Gasteiger partial charge in [0.05, 0.1) is 5.69 Å². The van der Waals surface area contributed by atoms with Crippen molar-refractivity contribution >= 4 is 32.4 Å². The molecule has 2 N–H and O–H groups in total. The van der Waals surface area contributed by atoms with Crippen molar-refractivity contribution in [1.82, 2.24) is 20.1 Å². The van der Waals surface area contributed by atoms with Gasteiger partial charge in [0, 0.05) is 10.7 Å². The molecule has 3 aromatic heterocycles. The summed E-state index contributed by atoms with van der Waals surface area (Å²) in [6.45, 7) is 1.85. The minimum Gasteiger partial charge on any atom is -0.375 e. The second kappa shape index (κ2) is 4.71. The lowest BCUT2D eigenvalue weighted by atomic mass is 10.3. The highest BCUT2D eigenvalue weighted by atomic mass is 79.9. The number of halogens is 1. The van der Waals surface area contributed by atoms with Crippen LogP contribution in [0.2, 0.25) is 0 Å². The van der Waals surface area contributed by atoms with E-state index in [-0.39, 0.29) is 0 Å². The molecule has 0 saturated heterocycles. The number of aromatic nitrogens is 4. The summed E-state index contributed by atoms with van der Waals surface area (Å²) in [5.74, 6) is 0.847. The molecule has 0 atom stereocenters. The number of hydrogen-bond donors (Lipinski definition) is 1. The first-order valence-corrected chi connectivity index (χ1v) is 6.93. The van der Waals surface area contributed by atoms with Crippen molar-refractivity contribution in [2.24, 2.45) is 0 Å². The summed E-state index contributed by atoms with van der Waals surface area (Å²) in [6.07, 6.45) is 1.68. The van der Waals surface area contributed by atoms with Crippen molar-refractivity contribution in [2.45, 2.75) is 6.92 Å². The maximum Gasteiger partial charge on any atom is 0.270 e. The van der Waals surface area contributed by atoms with E-state index in [1.54, 1.807) is 6.20 Å². The minimum absolute atomic E-state index is 0.409. The lowest BCUT2D eigenvalue weighted by molar-refractivity contribution is 0.432. The van der Waals surface area contributed by atoms with Crippen LogP contribution in [0.15, 0.2) is 27.3 Å². The van der Waals surface area contributed by atoms with Gasteiger partial charge in [-0.05, 0) is 35.0 Å². The zero-order valence-electron chi connectivity index (χ0n) is 9.79. The average Bonchev–Trinajstić information content (AvgIpc) is 2.97. The van der Waals surface area contributed by atoms with Crippen molar-refractivity contribution in [3.8, 4) is 22.3 Å². The number of hydrogen-bond acceptors (Lipinski definition) is 7. The van der Waals surface area contributed by atoms with Crippen molar-refractivity contribution in [3.63, 3.8) is 0 Å². The third kappa shape index (κ3) is 2.36. The molecule has 0 radical (unpaired) electrons. The summed E-state index contributed by atoms with van der Waals surface area (Å²) in [4.78, 5) is 13.4. The first-order valence-electron chi connectivity index (χ1n) is 5.32. The Morgan fingerprint density at radius 2 is 2.16 bits per heavy atom. The number of nitrogens with zero attached hydrogens (tertiary/aromatic N) is 4. The molecule has 6 nitrogen and oxygen atoms in total. The smallest absolute Gasteiger partial charge is 0.270 e. The molecular formula is C11H8BrN5OS. The topological polar surface area (TPSA) is 90.7 Å². The Kier molecular flexibility index (Phi) is 3.03. The minimum atomic E-state index is 0.409. The standard InChI is InChI=1S/C11H8BrN5OS/c1-5-8(19-11(13)15-5)10-16-9(17-18-10)7-3-2-6(12)4-14-7/h2-4H,1H3,(H2,13,15). The Balaban J connectivity index is 1.99. The molecule has 0 aliphatic carbocycles. The van der Waals surface area contributed by atoms with Crippen LogP contribution in [0.1, 0.15) is 5.69 Å². The molecular weight excluding hydrogens is 330 g/mol. The fraction of sp³-hybridized carbons (Fsp3) is 0.0909. The lowest BCUT2D eigenvalue weighted by Crippen LogP contribution is -1.85. The molecule has 19 heavy (non-hydrogen) atoms. The van der Waals surface area contributed by atoms with Gasteiger partial charge in [-0.15, -0.1) is 0 Å². The van der Waals surface area contributed by atoms with E-state index in [0.717, 1.165) is 15.0 Å². The Bertz CT molecular complexity index is 721. The van der Waals surface area contributed by atoms with Gasteiger partial charge < -0.3 is 10.3 Å². The van der Waals surface area contributed by atoms with Gasteiger partial charge in [-0.3, -0.25) is 4.98 Å². The predicted molar refractivity (Wildman–Crippen MR) is 75.5 cm³/mol.